The highest BCUT2D eigenvalue weighted by Gasteiger charge is 2.42. The molecule has 3 atom stereocenters. The fourth-order valence-electron chi connectivity index (χ4n) is 3.36. The number of aliphatic hydroxyl groups excluding tert-OH is 1. The van der Waals surface area contributed by atoms with Gasteiger partial charge in [0, 0.05) is 13.0 Å². The number of aliphatic hydroxyl groups is 1. The summed E-state index contributed by atoms with van der Waals surface area (Å²) in [4.78, 5) is 40.5. The summed E-state index contributed by atoms with van der Waals surface area (Å²) in [6.07, 6.45) is 6.02. The summed E-state index contributed by atoms with van der Waals surface area (Å²) in [5.74, 6) is -1.29. The number of esters is 1. The molecule has 27 heavy (non-hydrogen) atoms. The number of methoxy groups -OCH3 is 1. The molecule has 0 aromatic carbocycles. The van der Waals surface area contributed by atoms with Gasteiger partial charge in [-0.2, -0.15) is 0 Å². The average Bonchev–Trinajstić information content (AvgIpc) is 3.27. The molecule has 1 saturated heterocycles. The first-order chi connectivity index (χ1) is 12.9. The van der Waals surface area contributed by atoms with Crippen LogP contribution in [0.3, 0.4) is 0 Å². The second kappa shape index (κ2) is 9.45. The van der Waals surface area contributed by atoms with Crippen LogP contribution in [0, 0.1) is 10.1 Å². The Balaban J connectivity index is 2.23. The number of carbonyl (C=O) groups is 2. The summed E-state index contributed by atoms with van der Waals surface area (Å²) in [6, 6.07) is -1.57. The van der Waals surface area contributed by atoms with Crippen LogP contribution in [0.2, 0.25) is 0 Å². The maximum Gasteiger partial charge on any atom is 0.381 e. The lowest BCUT2D eigenvalue weighted by Crippen LogP contribution is -2.44. The number of unbranched alkanes of at least 4 members (excludes halogenated alkanes) is 3. The van der Waals surface area contributed by atoms with Crippen molar-refractivity contribution < 1.29 is 24.4 Å². The highest BCUT2D eigenvalue weighted by Crippen LogP contribution is 2.27. The van der Waals surface area contributed by atoms with Gasteiger partial charge in [0.05, 0.1) is 13.2 Å². The van der Waals surface area contributed by atoms with E-state index in [1.165, 1.54) is 29.1 Å². The molecular weight excluding hydrogens is 356 g/mol. The summed E-state index contributed by atoms with van der Waals surface area (Å²) in [5, 5.41) is 20.9. The minimum atomic E-state index is -0.853. The van der Waals surface area contributed by atoms with Gasteiger partial charge < -0.3 is 24.9 Å². The second-order valence-electron chi connectivity index (χ2n) is 6.72. The standard InChI is InChI=1S/C17H26N4O6/c1-3-4-5-6-7-13(19-10-15(18-11-19)21(25)26)16(23)20-9-12(22)8-14(20)17(24)27-2/h10-14,22H,3-9H2,1-2H3/t12-,13+,14-/m0/s1. The van der Waals surface area contributed by atoms with Crippen LogP contribution in [0.25, 0.3) is 0 Å². The van der Waals surface area contributed by atoms with Crippen molar-refractivity contribution in [3.63, 3.8) is 0 Å². The fourth-order valence-corrected chi connectivity index (χ4v) is 3.36. The van der Waals surface area contributed by atoms with E-state index in [0.717, 1.165) is 25.7 Å². The van der Waals surface area contributed by atoms with Crippen molar-refractivity contribution in [2.45, 2.75) is 63.6 Å². The molecule has 1 aromatic rings. The average molecular weight is 382 g/mol. The van der Waals surface area contributed by atoms with Gasteiger partial charge in [-0.3, -0.25) is 9.36 Å². The van der Waals surface area contributed by atoms with Crippen molar-refractivity contribution in [2.24, 2.45) is 0 Å². The quantitative estimate of drug-likeness (QED) is 0.296. The molecule has 10 nitrogen and oxygen atoms in total. The molecule has 0 bridgehead atoms. The number of ether oxygens (including phenoxy) is 1. The van der Waals surface area contributed by atoms with Crippen LogP contribution in [-0.2, 0) is 14.3 Å². The molecule has 1 aliphatic heterocycles. The van der Waals surface area contributed by atoms with Gasteiger partial charge in [-0.1, -0.05) is 32.6 Å². The van der Waals surface area contributed by atoms with E-state index in [4.69, 9.17) is 4.74 Å². The van der Waals surface area contributed by atoms with Crippen LogP contribution in [0.5, 0.6) is 0 Å². The van der Waals surface area contributed by atoms with Gasteiger partial charge in [-0.05, 0) is 16.3 Å². The highest BCUT2D eigenvalue weighted by atomic mass is 16.6. The van der Waals surface area contributed by atoms with E-state index in [9.17, 15) is 24.8 Å². The van der Waals surface area contributed by atoms with E-state index in [-0.39, 0.29) is 24.7 Å². The fraction of sp³-hybridized carbons (Fsp3) is 0.706. The SMILES string of the molecule is CCCCCC[C@H](C(=O)N1C[C@@H](O)C[C@H]1C(=O)OC)n1cnc([N+](=O)[O-])c1. The number of imidazole rings is 1. The molecular formula is C17H26N4O6. The lowest BCUT2D eigenvalue weighted by molar-refractivity contribution is -0.389. The normalized spacial score (nSPS) is 20.5. The number of carbonyl (C=O) groups excluding carboxylic acids is 2. The summed E-state index contributed by atoms with van der Waals surface area (Å²) < 4.78 is 6.17. The Morgan fingerprint density at radius 3 is 2.78 bits per heavy atom. The minimum absolute atomic E-state index is 0.0286. The van der Waals surface area contributed by atoms with Crippen molar-refractivity contribution in [3.8, 4) is 0 Å². The molecule has 1 aromatic heterocycles. The van der Waals surface area contributed by atoms with E-state index in [1.54, 1.807) is 0 Å². The molecule has 2 heterocycles. The molecule has 2 rings (SSSR count). The Morgan fingerprint density at radius 2 is 2.19 bits per heavy atom. The van der Waals surface area contributed by atoms with E-state index in [1.807, 2.05) is 0 Å². The molecule has 1 fully saturated rings. The predicted molar refractivity (Wildman–Crippen MR) is 94.8 cm³/mol. The first-order valence-corrected chi connectivity index (χ1v) is 9.13. The van der Waals surface area contributed by atoms with Gasteiger partial charge in [0.25, 0.3) is 0 Å². The van der Waals surface area contributed by atoms with E-state index >= 15 is 0 Å². The molecule has 0 radical (unpaired) electrons. The zero-order valence-electron chi connectivity index (χ0n) is 15.6. The zero-order chi connectivity index (χ0) is 20.0. The number of β-amino-alcohol motifs (C(OH)–C–C–N with tert-alkyl or cyclic N) is 1. The number of rotatable bonds is 9. The number of hydrogen-bond donors (Lipinski definition) is 1. The van der Waals surface area contributed by atoms with Crippen molar-refractivity contribution in [1.82, 2.24) is 14.5 Å². The lowest BCUT2D eigenvalue weighted by atomic mass is 10.1. The Kier molecular flexibility index (Phi) is 7.28. The number of nitrogens with zero attached hydrogens (tertiary/aromatic N) is 4. The lowest BCUT2D eigenvalue weighted by Gasteiger charge is -2.27. The summed E-state index contributed by atoms with van der Waals surface area (Å²) in [6.45, 7) is 2.11. The third-order valence-electron chi connectivity index (χ3n) is 4.79. The smallest absolute Gasteiger partial charge is 0.381 e. The summed E-state index contributed by atoms with van der Waals surface area (Å²) >= 11 is 0. The van der Waals surface area contributed by atoms with Crippen LogP contribution >= 0.6 is 0 Å². The maximum absolute atomic E-state index is 13.2. The number of nitro groups is 1. The topological polar surface area (TPSA) is 128 Å². The van der Waals surface area contributed by atoms with Gasteiger partial charge >= 0.3 is 11.8 Å². The number of hydrogen-bond acceptors (Lipinski definition) is 7. The Morgan fingerprint density at radius 1 is 1.44 bits per heavy atom. The molecule has 0 unspecified atom stereocenters. The molecule has 0 saturated carbocycles. The first kappa shape index (κ1) is 20.8. The molecule has 1 amide bonds. The Bertz CT molecular complexity index is 676. The van der Waals surface area contributed by atoms with Crippen LogP contribution in [-0.4, -0.2) is 62.2 Å². The van der Waals surface area contributed by atoms with Crippen molar-refractivity contribution in [1.29, 1.82) is 0 Å². The van der Waals surface area contributed by atoms with Crippen molar-refractivity contribution >= 4 is 17.7 Å². The Hall–Kier alpha value is -2.49. The summed E-state index contributed by atoms with van der Waals surface area (Å²) in [5.41, 5.74) is 0. The molecule has 150 valence electrons. The third kappa shape index (κ3) is 5.03. The highest BCUT2D eigenvalue weighted by molar-refractivity contribution is 5.87. The molecule has 1 N–H and O–H groups in total. The van der Waals surface area contributed by atoms with E-state index in [2.05, 4.69) is 11.9 Å². The number of likely N-dealkylation sites (tertiary alicyclic amines) is 1. The first-order valence-electron chi connectivity index (χ1n) is 9.13. The van der Waals surface area contributed by atoms with Crippen molar-refractivity contribution in [2.75, 3.05) is 13.7 Å². The van der Waals surface area contributed by atoms with E-state index < -0.39 is 29.1 Å². The summed E-state index contributed by atoms with van der Waals surface area (Å²) in [7, 11) is 1.23. The van der Waals surface area contributed by atoms with Crippen LogP contribution in [0.4, 0.5) is 5.82 Å². The van der Waals surface area contributed by atoms with Crippen molar-refractivity contribution in [3.05, 3.63) is 22.6 Å². The molecule has 10 heteroatoms. The Labute approximate surface area is 157 Å². The number of amides is 1. The molecule has 0 spiro atoms. The second-order valence-corrected chi connectivity index (χ2v) is 6.72. The third-order valence-corrected chi connectivity index (χ3v) is 4.79. The predicted octanol–water partition coefficient (Wildman–Crippen LogP) is 1.44. The molecule has 1 aliphatic rings. The van der Waals surface area contributed by atoms with Crippen LogP contribution in [0.1, 0.15) is 51.5 Å². The maximum atomic E-state index is 13.2. The van der Waals surface area contributed by atoms with Gasteiger partial charge in [-0.25, -0.2) is 4.79 Å². The molecule has 0 aliphatic carbocycles. The minimum Gasteiger partial charge on any atom is -0.467 e. The zero-order valence-corrected chi connectivity index (χ0v) is 15.6. The number of aromatic nitrogens is 2. The van der Waals surface area contributed by atoms with Gasteiger partial charge in [0.1, 0.15) is 18.3 Å². The largest absolute Gasteiger partial charge is 0.467 e. The van der Waals surface area contributed by atoms with Crippen LogP contribution in [0.15, 0.2) is 12.5 Å². The van der Waals surface area contributed by atoms with E-state index in [0.29, 0.717) is 6.42 Å². The van der Waals surface area contributed by atoms with Crippen LogP contribution < -0.4 is 0 Å². The monoisotopic (exact) mass is 382 g/mol. The van der Waals surface area contributed by atoms with Gasteiger partial charge in [0.15, 0.2) is 0 Å². The van der Waals surface area contributed by atoms with Gasteiger partial charge in [0.2, 0.25) is 12.2 Å². The van der Waals surface area contributed by atoms with Gasteiger partial charge in [-0.15, -0.1) is 0 Å².